The Kier molecular flexibility index (Phi) is 13.8. The fourth-order valence-electron chi connectivity index (χ4n) is 3.32. The Morgan fingerprint density at radius 3 is 2.45 bits per heavy atom. The molecule has 4 N–H and O–H groups in total. The molecule has 31 heavy (non-hydrogen) atoms. The summed E-state index contributed by atoms with van der Waals surface area (Å²) in [5, 5.41) is 5.69. The maximum absolute atomic E-state index is 11.9. The lowest BCUT2D eigenvalue weighted by molar-refractivity contribution is -0.115. The van der Waals surface area contributed by atoms with E-state index in [-0.39, 0.29) is 12.1 Å². The molecule has 0 aromatic heterocycles. The number of anilines is 1. The third-order valence-corrected chi connectivity index (χ3v) is 5.16. The molecule has 0 unspecified atom stereocenters. The van der Waals surface area contributed by atoms with E-state index in [2.05, 4.69) is 29.5 Å². The standard InChI is InChI=1S/C24H41N5O2/c1-4-6-13-21(14-7-5-2)27-23(25)29(19-30)17-10-8-9-16-26-24(31)28-22-15-11-12-20(3)18-22/h11-12,15,18-19,21H,4-10,13-14,16-17H2,1-3H3,(H2,25,27)(H2,26,28,31). The number of hydrogen-bond donors (Lipinski definition) is 3. The monoisotopic (exact) mass is 431 g/mol. The van der Waals surface area contributed by atoms with E-state index in [0.717, 1.165) is 75.4 Å². The lowest BCUT2D eigenvalue weighted by atomic mass is 10.0. The second-order valence-electron chi connectivity index (χ2n) is 8.04. The smallest absolute Gasteiger partial charge is 0.319 e. The van der Waals surface area contributed by atoms with Gasteiger partial charge in [0.1, 0.15) is 0 Å². The Hall–Kier alpha value is -2.57. The van der Waals surface area contributed by atoms with Crippen LogP contribution in [0.2, 0.25) is 0 Å². The number of aliphatic imine (C=N–C) groups is 1. The van der Waals surface area contributed by atoms with Gasteiger partial charge in [0.05, 0.1) is 6.04 Å². The van der Waals surface area contributed by atoms with Crippen molar-refractivity contribution in [3.63, 3.8) is 0 Å². The van der Waals surface area contributed by atoms with Crippen molar-refractivity contribution in [2.75, 3.05) is 18.4 Å². The van der Waals surface area contributed by atoms with E-state index in [9.17, 15) is 9.59 Å². The third-order valence-electron chi connectivity index (χ3n) is 5.16. The van der Waals surface area contributed by atoms with Gasteiger partial charge in [-0.3, -0.25) is 9.69 Å². The van der Waals surface area contributed by atoms with Crippen molar-refractivity contribution < 1.29 is 9.59 Å². The number of carbonyl (C=O) groups excluding carboxylic acids is 2. The number of nitrogens with one attached hydrogen (secondary N) is 2. The van der Waals surface area contributed by atoms with Crippen molar-refractivity contribution in [1.29, 1.82) is 0 Å². The fourth-order valence-corrected chi connectivity index (χ4v) is 3.32. The first-order valence-electron chi connectivity index (χ1n) is 11.7. The van der Waals surface area contributed by atoms with Crippen LogP contribution < -0.4 is 16.4 Å². The molecule has 0 bridgehead atoms. The van der Waals surface area contributed by atoms with Crippen molar-refractivity contribution >= 4 is 24.1 Å². The number of guanidine groups is 1. The Balaban J connectivity index is 2.31. The SMILES string of the molecule is CCCCC(CCCC)N=C(N)N(C=O)CCCCCNC(=O)Nc1cccc(C)c1. The minimum atomic E-state index is -0.207. The number of urea groups is 1. The highest BCUT2D eigenvalue weighted by Crippen LogP contribution is 2.13. The zero-order valence-corrected chi connectivity index (χ0v) is 19.5. The van der Waals surface area contributed by atoms with Crippen LogP contribution in [0.15, 0.2) is 29.3 Å². The highest BCUT2D eigenvalue weighted by atomic mass is 16.2. The number of hydrogen-bond acceptors (Lipinski definition) is 3. The molecule has 0 aliphatic carbocycles. The Bertz CT molecular complexity index is 670. The molecule has 0 atom stereocenters. The van der Waals surface area contributed by atoms with Gasteiger partial charge in [-0.15, -0.1) is 0 Å². The van der Waals surface area contributed by atoms with Crippen LogP contribution in [0.5, 0.6) is 0 Å². The van der Waals surface area contributed by atoms with E-state index in [1.807, 2.05) is 31.2 Å². The quantitative estimate of drug-likeness (QED) is 0.161. The number of aryl methyl sites for hydroxylation is 1. The molecule has 0 saturated heterocycles. The molecular formula is C24H41N5O2. The number of rotatable bonds is 15. The Morgan fingerprint density at radius 2 is 1.84 bits per heavy atom. The maximum atomic E-state index is 11.9. The molecule has 0 fully saturated rings. The molecule has 1 aromatic rings. The second kappa shape index (κ2) is 16.2. The maximum Gasteiger partial charge on any atom is 0.319 e. The van der Waals surface area contributed by atoms with E-state index >= 15 is 0 Å². The fraction of sp³-hybridized carbons (Fsp3) is 0.625. The molecule has 0 spiro atoms. The van der Waals surface area contributed by atoms with E-state index < -0.39 is 0 Å². The van der Waals surface area contributed by atoms with E-state index in [1.54, 1.807) is 0 Å². The van der Waals surface area contributed by atoms with Crippen molar-refractivity contribution in [2.45, 2.75) is 84.6 Å². The summed E-state index contributed by atoms with van der Waals surface area (Å²) in [6, 6.07) is 7.67. The average molecular weight is 432 g/mol. The van der Waals surface area contributed by atoms with Gasteiger partial charge in [0.25, 0.3) is 0 Å². The molecule has 0 heterocycles. The molecule has 0 aliphatic heterocycles. The van der Waals surface area contributed by atoms with Crippen LogP contribution in [-0.2, 0) is 4.79 Å². The van der Waals surface area contributed by atoms with Crippen LogP contribution in [0, 0.1) is 6.92 Å². The predicted octanol–water partition coefficient (Wildman–Crippen LogP) is 4.81. The van der Waals surface area contributed by atoms with Gasteiger partial charge in [-0.25, -0.2) is 9.79 Å². The Morgan fingerprint density at radius 1 is 1.13 bits per heavy atom. The molecule has 1 aromatic carbocycles. The zero-order chi connectivity index (χ0) is 22.9. The van der Waals surface area contributed by atoms with Crippen molar-refractivity contribution in [3.05, 3.63) is 29.8 Å². The summed E-state index contributed by atoms with van der Waals surface area (Å²) < 4.78 is 0. The van der Waals surface area contributed by atoms with E-state index in [4.69, 9.17) is 5.73 Å². The van der Waals surface area contributed by atoms with Crippen molar-refractivity contribution in [3.8, 4) is 0 Å². The number of nitrogens with zero attached hydrogens (tertiary/aromatic N) is 2. The van der Waals surface area contributed by atoms with Gasteiger partial charge in [0.2, 0.25) is 6.41 Å². The molecule has 0 saturated carbocycles. The lowest BCUT2D eigenvalue weighted by Crippen LogP contribution is -2.38. The summed E-state index contributed by atoms with van der Waals surface area (Å²) in [6.07, 6.45) is 9.83. The number of unbranched alkanes of at least 4 members (excludes halogenated alkanes) is 4. The molecule has 3 amide bonds. The largest absolute Gasteiger partial charge is 0.369 e. The lowest BCUT2D eigenvalue weighted by Gasteiger charge is -2.19. The van der Waals surface area contributed by atoms with Crippen LogP contribution in [-0.4, -0.2) is 42.4 Å². The summed E-state index contributed by atoms with van der Waals surface area (Å²) >= 11 is 0. The van der Waals surface area contributed by atoms with Crippen LogP contribution >= 0.6 is 0 Å². The van der Waals surface area contributed by atoms with Gasteiger partial charge in [-0.1, -0.05) is 51.7 Å². The second-order valence-corrected chi connectivity index (χ2v) is 8.04. The minimum absolute atomic E-state index is 0.193. The Labute approximate surface area is 187 Å². The van der Waals surface area contributed by atoms with Gasteiger partial charge < -0.3 is 16.4 Å². The van der Waals surface area contributed by atoms with Crippen LogP contribution in [0.4, 0.5) is 10.5 Å². The molecule has 0 radical (unpaired) electrons. The van der Waals surface area contributed by atoms with Gasteiger partial charge in [0, 0.05) is 18.8 Å². The van der Waals surface area contributed by atoms with Gasteiger partial charge in [0.15, 0.2) is 5.96 Å². The summed E-state index contributed by atoms with van der Waals surface area (Å²) in [6.45, 7) is 7.45. The number of amides is 3. The molecule has 7 nitrogen and oxygen atoms in total. The number of nitrogens with two attached hydrogens (primary N) is 1. The van der Waals surface area contributed by atoms with Gasteiger partial charge >= 0.3 is 6.03 Å². The van der Waals surface area contributed by atoms with E-state index in [0.29, 0.717) is 19.0 Å². The molecule has 174 valence electrons. The van der Waals surface area contributed by atoms with Crippen LogP contribution in [0.3, 0.4) is 0 Å². The van der Waals surface area contributed by atoms with Gasteiger partial charge in [-0.2, -0.15) is 0 Å². The normalized spacial score (nSPS) is 11.4. The van der Waals surface area contributed by atoms with Crippen molar-refractivity contribution in [2.24, 2.45) is 10.7 Å². The topological polar surface area (TPSA) is 99.8 Å². The number of benzene rings is 1. The summed E-state index contributed by atoms with van der Waals surface area (Å²) in [7, 11) is 0. The summed E-state index contributed by atoms with van der Waals surface area (Å²) in [5.74, 6) is 0.322. The summed E-state index contributed by atoms with van der Waals surface area (Å²) in [4.78, 5) is 29.5. The van der Waals surface area contributed by atoms with E-state index in [1.165, 1.54) is 4.90 Å². The third kappa shape index (κ3) is 12.0. The first-order chi connectivity index (χ1) is 15.0. The first-order valence-corrected chi connectivity index (χ1v) is 11.7. The van der Waals surface area contributed by atoms with Crippen LogP contribution in [0.1, 0.15) is 77.2 Å². The van der Waals surface area contributed by atoms with Crippen LogP contribution in [0.25, 0.3) is 0 Å². The highest BCUT2D eigenvalue weighted by Gasteiger charge is 2.11. The zero-order valence-electron chi connectivity index (χ0n) is 19.5. The molecule has 7 heteroatoms. The van der Waals surface area contributed by atoms with Crippen molar-refractivity contribution in [1.82, 2.24) is 10.2 Å². The highest BCUT2D eigenvalue weighted by molar-refractivity contribution is 5.89. The molecule has 0 aliphatic rings. The molecule has 1 rings (SSSR count). The average Bonchev–Trinajstić information content (AvgIpc) is 2.75. The number of carbonyl (C=O) groups is 2. The first kappa shape index (κ1) is 26.5. The molecular weight excluding hydrogens is 390 g/mol. The summed E-state index contributed by atoms with van der Waals surface area (Å²) in [5.41, 5.74) is 8.00. The minimum Gasteiger partial charge on any atom is -0.369 e. The van der Waals surface area contributed by atoms with Gasteiger partial charge in [-0.05, 0) is 56.7 Å². The predicted molar refractivity (Wildman–Crippen MR) is 129 cm³/mol.